The SMILES string of the molecule is C=C(C)C1=C(C)C[C@@]2(C)[C@H](C)[C@]3(C)C(=C(C)[C@@]2(C)C1=C)C(=C)c1c(ccc(CC(=C)c2ccc(C(=C)c4ccccc4)cc2)c1C)[C@H]3C. The van der Waals surface area contributed by atoms with Gasteiger partial charge in [0.25, 0.3) is 0 Å². The van der Waals surface area contributed by atoms with Crippen LogP contribution in [0, 0.1) is 29.1 Å². The molecular weight excluding hydrogens is 577 g/mol. The third-order valence-electron chi connectivity index (χ3n) is 13.8. The van der Waals surface area contributed by atoms with Crippen LogP contribution in [0.3, 0.4) is 0 Å². The molecule has 0 N–H and O–H groups in total. The van der Waals surface area contributed by atoms with Gasteiger partial charge in [0.1, 0.15) is 0 Å². The summed E-state index contributed by atoms with van der Waals surface area (Å²) >= 11 is 0. The molecule has 0 spiro atoms. The average molecular weight is 631 g/mol. The van der Waals surface area contributed by atoms with E-state index in [1.165, 1.54) is 55.7 Å². The van der Waals surface area contributed by atoms with E-state index in [2.05, 4.69) is 143 Å². The van der Waals surface area contributed by atoms with Gasteiger partial charge in [0.2, 0.25) is 0 Å². The second kappa shape index (κ2) is 11.5. The molecule has 0 fully saturated rings. The lowest BCUT2D eigenvalue weighted by Crippen LogP contribution is -2.58. The number of hydrogen-bond donors (Lipinski definition) is 0. The highest BCUT2D eigenvalue weighted by atomic mass is 14.7. The van der Waals surface area contributed by atoms with Crippen molar-refractivity contribution < 1.29 is 0 Å². The first-order chi connectivity index (χ1) is 22.5. The molecule has 0 bridgehead atoms. The lowest BCUT2D eigenvalue weighted by molar-refractivity contribution is -0.0260. The van der Waals surface area contributed by atoms with E-state index in [0.29, 0.717) is 11.8 Å². The second-order valence-electron chi connectivity index (χ2n) is 15.9. The zero-order valence-corrected chi connectivity index (χ0v) is 31.0. The molecule has 0 aliphatic heterocycles. The summed E-state index contributed by atoms with van der Waals surface area (Å²) in [4.78, 5) is 0. The van der Waals surface area contributed by atoms with E-state index in [9.17, 15) is 0 Å². The molecule has 0 heteroatoms. The summed E-state index contributed by atoms with van der Waals surface area (Å²) in [5.74, 6) is 0.758. The Bertz CT molecular complexity index is 1990. The predicted octanol–water partition coefficient (Wildman–Crippen LogP) is 13.3. The standard InChI is InChI=1S/C48H54/c1-28(2)43-30(4)27-46(12)37(11)47(13)34(8)42-25-24-41(32(6)44(42)33(7)45(47)36(10)48(46,14)35(43)9)26-29(3)38-20-22-40(23-21-38)31(5)39-18-16-15-17-19-39/h15-25,34,37H,1,3,5,7,9,26-27H2,2,4,6,8,10-14H3/t34-,37+,46+,47-,48-/m1/s1. The van der Waals surface area contributed by atoms with Crippen LogP contribution in [0.25, 0.3) is 16.7 Å². The first-order valence-corrected chi connectivity index (χ1v) is 17.6. The molecule has 0 nitrogen and oxygen atoms in total. The molecular formula is C48H54. The lowest BCUT2D eigenvalue weighted by atomic mass is 9.37. The Morgan fingerprint density at radius 3 is 1.98 bits per heavy atom. The van der Waals surface area contributed by atoms with E-state index >= 15 is 0 Å². The van der Waals surface area contributed by atoms with Gasteiger partial charge in [0.05, 0.1) is 0 Å². The maximum absolute atomic E-state index is 4.93. The van der Waals surface area contributed by atoms with Gasteiger partial charge in [-0.1, -0.05) is 151 Å². The summed E-state index contributed by atoms with van der Waals surface area (Å²) in [5, 5.41) is 0. The van der Waals surface area contributed by atoms with E-state index < -0.39 is 0 Å². The van der Waals surface area contributed by atoms with Gasteiger partial charge in [-0.3, -0.25) is 0 Å². The van der Waals surface area contributed by atoms with E-state index in [0.717, 1.165) is 46.3 Å². The maximum Gasteiger partial charge on any atom is 0.0196 e. The Labute approximate surface area is 291 Å². The van der Waals surface area contributed by atoms with E-state index in [1.54, 1.807) is 0 Å². The van der Waals surface area contributed by atoms with Gasteiger partial charge in [0, 0.05) is 10.8 Å². The van der Waals surface area contributed by atoms with Crippen LogP contribution in [-0.2, 0) is 6.42 Å². The monoisotopic (exact) mass is 630 g/mol. The molecule has 246 valence electrons. The van der Waals surface area contributed by atoms with Gasteiger partial charge in [-0.2, -0.15) is 0 Å². The zero-order chi connectivity index (χ0) is 35.1. The van der Waals surface area contributed by atoms with Crippen molar-refractivity contribution in [3.05, 3.63) is 172 Å². The number of hydrogen-bond acceptors (Lipinski definition) is 0. The smallest absolute Gasteiger partial charge is 0.0196 e. The molecule has 3 aliphatic carbocycles. The second-order valence-corrected chi connectivity index (χ2v) is 15.9. The van der Waals surface area contributed by atoms with Crippen LogP contribution in [0.15, 0.2) is 133 Å². The Morgan fingerprint density at radius 2 is 1.38 bits per heavy atom. The maximum atomic E-state index is 4.93. The van der Waals surface area contributed by atoms with E-state index in [1.807, 2.05) is 6.07 Å². The largest absolute Gasteiger partial charge is 0.0955 e. The zero-order valence-electron chi connectivity index (χ0n) is 31.0. The molecule has 48 heavy (non-hydrogen) atoms. The fourth-order valence-corrected chi connectivity index (χ4v) is 10.4. The first-order valence-electron chi connectivity index (χ1n) is 17.6. The predicted molar refractivity (Wildman–Crippen MR) is 210 cm³/mol. The van der Waals surface area contributed by atoms with Crippen molar-refractivity contribution in [2.75, 3.05) is 0 Å². The Morgan fingerprint density at radius 1 is 0.792 bits per heavy atom. The molecule has 3 aromatic carbocycles. The normalized spacial score (nSPS) is 28.1. The Hall–Kier alpha value is -4.16. The molecule has 0 saturated carbocycles. The van der Waals surface area contributed by atoms with Gasteiger partial charge in [0.15, 0.2) is 0 Å². The molecule has 6 rings (SSSR count). The highest BCUT2D eigenvalue weighted by Crippen LogP contribution is 2.74. The number of allylic oxidation sites excluding steroid dienone is 8. The highest BCUT2D eigenvalue weighted by molar-refractivity contribution is 5.88. The number of fused-ring (bicyclic) bond motifs is 3. The molecule has 0 amide bonds. The fourth-order valence-electron chi connectivity index (χ4n) is 10.4. The summed E-state index contributed by atoms with van der Waals surface area (Å²) in [5.41, 5.74) is 19.9. The van der Waals surface area contributed by atoms with Crippen LogP contribution in [0.4, 0.5) is 0 Å². The molecule has 0 unspecified atom stereocenters. The number of rotatable bonds is 6. The summed E-state index contributed by atoms with van der Waals surface area (Å²) in [6.07, 6.45) is 1.85. The Kier molecular flexibility index (Phi) is 8.06. The van der Waals surface area contributed by atoms with Gasteiger partial charge < -0.3 is 0 Å². The molecule has 0 aromatic heterocycles. The van der Waals surface area contributed by atoms with E-state index in [-0.39, 0.29) is 16.2 Å². The van der Waals surface area contributed by atoms with Gasteiger partial charge in [-0.25, -0.2) is 0 Å². The van der Waals surface area contributed by atoms with Crippen LogP contribution in [-0.4, -0.2) is 0 Å². The molecule has 5 atom stereocenters. The molecule has 0 radical (unpaired) electrons. The Balaban J connectivity index is 1.39. The summed E-state index contributed by atoms with van der Waals surface area (Å²) in [6.45, 7) is 44.7. The summed E-state index contributed by atoms with van der Waals surface area (Å²) < 4.78 is 0. The highest BCUT2D eigenvalue weighted by Gasteiger charge is 2.64. The van der Waals surface area contributed by atoms with Gasteiger partial charge >= 0.3 is 0 Å². The van der Waals surface area contributed by atoms with Crippen molar-refractivity contribution in [3.63, 3.8) is 0 Å². The van der Waals surface area contributed by atoms with Crippen LogP contribution >= 0.6 is 0 Å². The third kappa shape index (κ3) is 4.48. The molecule has 3 aromatic rings. The molecule has 3 aliphatic rings. The minimum Gasteiger partial charge on any atom is -0.0955 e. The van der Waals surface area contributed by atoms with Crippen molar-refractivity contribution in [2.24, 2.45) is 22.2 Å². The van der Waals surface area contributed by atoms with Crippen molar-refractivity contribution >= 4 is 16.7 Å². The van der Waals surface area contributed by atoms with Gasteiger partial charge in [-0.05, 0) is 130 Å². The van der Waals surface area contributed by atoms with Crippen molar-refractivity contribution in [2.45, 2.75) is 81.1 Å². The minimum absolute atomic E-state index is 0.0250. The quantitative estimate of drug-likeness (QED) is 0.254. The van der Waals surface area contributed by atoms with Crippen molar-refractivity contribution in [1.82, 2.24) is 0 Å². The van der Waals surface area contributed by atoms with Crippen LogP contribution in [0.1, 0.15) is 107 Å². The first kappa shape index (κ1) is 33.7. The van der Waals surface area contributed by atoms with E-state index in [4.69, 9.17) is 13.2 Å². The van der Waals surface area contributed by atoms with Crippen LogP contribution in [0.2, 0.25) is 0 Å². The van der Waals surface area contributed by atoms with Crippen molar-refractivity contribution in [1.29, 1.82) is 0 Å². The van der Waals surface area contributed by atoms with Crippen LogP contribution in [0.5, 0.6) is 0 Å². The van der Waals surface area contributed by atoms with Crippen molar-refractivity contribution in [3.8, 4) is 0 Å². The minimum atomic E-state index is -0.188. The lowest BCUT2D eigenvalue weighted by Gasteiger charge is -2.67. The van der Waals surface area contributed by atoms with Gasteiger partial charge in [-0.15, -0.1) is 0 Å². The average Bonchev–Trinajstić information content (AvgIpc) is 3.06. The topological polar surface area (TPSA) is 0 Å². The third-order valence-corrected chi connectivity index (χ3v) is 13.8. The van der Waals surface area contributed by atoms with Crippen LogP contribution < -0.4 is 0 Å². The molecule has 0 saturated heterocycles. The molecule has 0 heterocycles. The number of benzene rings is 3. The summed E-state index contributed by atoms with van der Waals surface area (Å²) in [6, 6.07) is 23.8. The summed E-state index contributed by atoms with van der Waals surface area (Å²) in [7, 11) is 0. The fraction of sp³-hybridized carbons (Fsp3) is 0.333.